The van der Waals surface area contributed by atoms with Crippen LogP contribution in [-0.4, -0.2) is 37.7 Å². The van der Waals surface area contributed by atoms with E-state index in [0.717, 1.165) is 28.4 Å². The largest absolute Gasteiger partial charge is 0.481 e. The molecular formula is C25H24BrNO7. The molecule has 3 aromatic rings. The normalized spacial score (nSPS) is 15.3. The monoisotopic (exact) mass is 529 g/mol. The molecule has 1 fully saturated rings. The Morgan fingerprint density at radius 2 is 1.91 bits per heavy atom. The van der Waals surface area contributed by atoms with Gasteiger partial charge in [0.1, 0.15) is 22.6 Å². The molecule has 1 aliphatic rings. The molecule has 2 aromatic carbocycles. The number of fused-ring (bicyclic) bond motifs is 1. The highest BCUT2D eigenvalue weighted by Gasteiger charge is 2.19. The average molecular weight is 530 g/mol. The summed E-state index contributed by atoms with van der Waals surface area (Å²) in [5, 5.41) is 3.24. The third-order valence-corrected chi connectivity index (χ3v) is 5.92. The van der Waals surface area contributed by atoms with Crippen LogP contribution in [0.15, 0.2) is 50.1 Å². The fraction of sp³-hybridized carbons (Fsp3) is 0.320. The van der Waals surface area contributed by atoms with Crippen LogP contribution in [0.1, 0.15) is 34.3 Å². The lowest BCUT2D eigenvalue weighted by Crippen LogP contribution is -2.34. The van der Waals surface area contributed by atoms with Gasteiger partial charge < -0.3 is 23.9 Å². The number of carbonyl (C=O) groups is 2. The predicted molar refractivity (Wildman–Crippen MR) is 129 cm³/mol. The van der Waals surface area contributed by atoms with Gasteiger partial charge in [0, 0.05) is 29.1 Å². The maximum Gasteiger partial charge on any atom is 0.349 e. The van der Waals surface area contributed by atoms with Crippen LogP contribution in [-0.2, 0) is 9.53 Å². The van der Waals surface area contributed by atoms with E-state index in [2.05, 4.69) is 21.2 Å². The van der Waals surface area contributed by atoms with Crippen LogP contribution in [0.2, 0.25) is 0 Å². The molecule has 0 bridgehead atoms. The van der Waals surface area contributed by atoms with Gasteiger partial charge in [0.2, 0.25) is 0 Å². The van der Waals surface area contributed by atoms with Crippen molar-refractivity contribution in [1.29, 1.82) is 0 Å². The predicted octanol–water partition coefficient (Wildman–Crippen LogP) is 4.07. The van der Waals surface area contributed by atoms with Crippen LogP contribution in [0.4, 0.5) is 0 Å². The molecule has 1 aromatic heterocycles. The van der Waals surface area contributed by atoms with Crippen LogP contribution in [0.3, 0.4) is 0 Å². The van der Waals surface area contributed by atoms with Gasteiger partial charge in [-0.15, -0.1) is 0 Å². The summed E-state index contributed by atoms with van der Waals surface area (Å²) in [4.78, 5) is 37.1. The number of hydrogen-bond acceptors (Lipinski definition) is 7. The molecule has 1 aliphatic heterocycles. The summed E-state index contributed by atoms with van der Waals surface area (Å²) in [7, 11) is 0. The number of aryl methyl sites for hydroxylation is 2. The Morgan fingerprint density at radius 1 is 1.15 bits per heavy atom. The van der Waals surface area contributed by atoms with E-state index in [1.54, 1.807) is 12.1 Å². The summed E-state index contributed by atoms with van der Waals surface area (Å²) in [5.74, 6) is -0.301. The number of amides is 1. The fourth-order valence-corrected chi connectivity index (χ4v) is 4.52. The molecule has 9 heteroatoms. The number of hydrogen-bond donors (Lipinski definition) is 1. The van der Waals surface area contributed by atoms with Crippen LogP contribution < -0.4 is 20.4 Å². The Hall–Kier alpha value is -3.17. The van der Waals surface area contributed by atoms with E-state index >= 15 is 0 Å². The van der Waals surface area contributed by atoms with Gasteiger partial charge in [-0.2, -0.15) is 0 Å². The van der Waals surface area contributed by atoms with Crippen molar-refractivity contribution in [3.05, 3.63) is 68.0 Å². The maximum atomic E-state index is 12.4. The molecule has 1 saturated heterocycles. The molecular weight excluding hydrogens is 506 g/mol. The molecule has 8 nitrogen and oxygen atoms in total. The molecule has 1 N–H and O–H groups in total. The van der Waals surface area contributed by atoms with Crippen molar-refractivity contribution in [3.8, 4) is 11.5 Å². The molecule has 1 atom stereocenters. The number of rotatable bonds is 7. The Labute approximate surface area is 204 Å². The minimum Gasteiger partial charge on any atom is -0.481 e. The van der Waals surface area contributed by atoms with Gasteiger partial charge in [0.15, 0.2) is 6.61 Å². The lowest BCUT2D eigenvalue weighted by atomic mass is 10.1. The Balaban J connectivity index is 1.41. The van der Waals surface area contributed by atoms with E-state index in [4.69, 9.17) is 18.6 Å². The zero-order valence-electron chi connectivity index (χ0n) is 18.8. The summed E-state index contributed by atoms with van der Waals surface area (Å²) >= 11 is 3.42. The molecule has 0 saturated carbocycles. The van der Waals surface area contributed by atoms with Crippen molar-refractivity contribution in [2.75, 3.05) is 19.8 Å². The van der Waals surface area contributed by atoms with Crippen molar-refractivity contribution in [3.63, 3.8) is 0 Å². The summed E-state index contributed by atoms with van der Waals surface area (Å²) < 4.78 is 22.7. The highest BCUT2D eigenvalue weighted by Crippen LogP contribution is 2.27. The molecule has 0 aliphatic carbocycles. The van der Waals surface area contributed by atoms with E-state index in [0.29, 0.717) is 24.3 Å². The molecule has 178 valence electrons. The zero-order chi connectivity index (χ0) is 24.2. The molecule has 1 unspecified atom stereocenters. The molecule has 0 radical (unpaired) electrons. The van der Waals surface area contributed by atoms with Gasteiger partial charge in [-0.05, 0) is 68.1 Å². The van der Waals surface area contributed by atoms with Crippen molar-refractivity contribution >= 4 is 38.8 Å². The van der Waals surface area contributed by atoms with E-state index in [9.17, 15) is 14.4 Å². The van der Waals surface area contributed by atoms with Gasteiger partial charge in [-0.1, -0.05) is 15.9 Å². The molecule has 1 amide bonds. The second-order valence-electron chi connectivity index (χ2n) is 8.12. The van der Waals surface area contributed by atoms with Crippen molar-refractivity contribution in [2.45, 2.75) is 32.8 Å². The number of nitrogens with one attached hydrogen (secondary N) is 1. The molecule has 2 heterocycles. The minimum atomic E-state index is -0.773. The topological polar surface area (TPSA) is 104 Å². The quantitative estimate of drug-likeness (QED) is 0.279. The molecule has 34 heavy (non-hydrogen) atoms. The van der Waals surface area contributed by atoms with Crippen LogP contribution in [0.25, 0.3) is 11.0 Å². The smallest absolute Gasteiger partial charge is 0.349 e. The SMILES string of the molecule is Cc1cc(Br)cc(C)c1OCC(=O)Oc1ccc2cc(C(=O)NCC3CCCO3)c(=O)oc2c1. The first-order chi connectivity index (χ1) is 16.3. The molecule has 4 rings (SSSR count). The van der Waals surface area contributed by atoms with Crippen molar-refractivity contribution < 1.29 is 28.2 Å². The lowest BCUT2D eigenvalue weighted by molar-refractivity contribution is -0.136. The van der Waals surface area contributed by atoms with E-state index in [1.807, 2.05) is 26.0 Å². The molecule has 0 spiro atoms. The van der Waals surface area contributed by atoms with E-state index < -0.39 is 17.5 Å². The van der Waals surface area contributed by atoms with E-state index in [-0.39, 0.29) is 29.6 Å². The van der Waals surface area contributed by atoms with Crippen LogP contribution >= 0.6 is 15.9 Å². The highest BCUT2D eigenvalue weighted by molar-refractivity contribution is 9.10. The number of carbonyl (C=O) groups excluding carboxylic acids is 2. The fourth-order valence-electron chi connectivity index (χ4n) is 3.84. The summed E-state index contributed by atoms with van der Waals surface area (Å²) in [6.07, 6.45) is 1.80. The van der Waals surface area contributed by atoms with Crippen LogP contribution in [0, 0.1) is 13.8 Å². The van der Waals surface area contributed by atoms with Crippen molar-refractivity contribution in [2.24, 2.45) is 0 Å². The standard InChI is InChI=1S/C25H24BrNO7/c1-14-8-17(26)9-15(2)23(14)32-13-22(28)33-18-6-5-16-10-20(25(30)34-21(16)11-18)24(29)27-12-19-4-3-7-31-19/h5-6,8-11,19H,3-4,7,12-13H2,1-2H3,(H,27,29). The Kier molecular flexibility index (Phi) is 7.33. The Bertz CT molecular complexity index is 1270. The zero-order valence-corrected chi connectivity index (χ0v) is 20.4. The summed E-state index contributed by atoms with van der Waals surface area (Å²) in [6.45, 7) is 4.52. The first kappa shape index (κ1) is 24.0. The van der Waals surface area contributed by atoms with Gasteiger partial charge in [0.25, 0.3) is 5.91 Å². The number of halogens is 1. The average Bonchev–Trinajstić information content (AvgIpc) is 3.30. The van der Waals surface area contributed by atoms with Crippen LogP contribution in [0.5, 0.6) is 11.5 Å². The third kappa shape index (κ3) is 5.66. The number of esters is 1. The van der Waals surface area contributed by atoms with E-state index in [1.165, 1.54) is 12.1 Å². The Morgan fingerprint density at radius 3 is 2.62 bits per heavy atom. The summed E-state index contributed by atoms with van der Waals surface area (Å²) in [5.41, 5.74) is 1.12. The van der Waals surface area contributed by atoms with Gasteiger partial charge in [-0.25, -0.2) is 9.59 Å². The van der Waals surface area contributed by atoms with Gasteiger partial charge >= 0.3 is 11.6 Å². The third-order valence-electron chi connectivity index (χ3n) is 5.46. The number of benzene rings is 2. The van der Waals surface area contributed by atoms with Crippen molar-refractivity contribution in [1.82, 2.24) is 5.32 Å². The summed E-state index contributed by atoms with van der Waals surface area (Å²) in [6, 6.07) is 9.86. The first-order valence-electron chi connectivity index (χ1n) is 10.9. The number of ether oxygens (including phenoxy) is 3. The lowest BCUT2D eigenvalue weighted by Gasteiger charge is -2.12. The second kappa shape index (κ2) is 10.4. The first-order valence-corrected chi connectivity index (χ1v) is 11.7. The van der Waals surface area contributed by atoms with Gasteiger partial charge in [0.05, 0.1) is 6.10 Å². The van der Waals surface area contributed by atoms with Gasteiger partial charge in [-0.3, -0.25) is 4.79 Å². The highest BCUT2D eigenvalue weighted by atomic mass is 79.9. The maximum absolute atomic E-state index is 12.4. The minimum absolute atomic E-state index is 0.0331. The second-order valence-corrected chi connectivity index (χ2v) is 9.04.